The van der Waals surface area contributed by atoms with Crippen molar-refractivity contribution in [2.45, 2.75) is 308 Å². The molecule has 4 saturated carbocycles. The summed E-state index contributed by atoms with van der Waals surface area (Å²) in [7, 11) is 1.47. The van der Waals surface area contributed by atoms with Crippen molar-refractivity contribution in [3.63, 3.8) is 0 Å². The van der Waals surface area contributed by atoms with E-state index in [0.717, 1.165) is 11.6 Å². The Morgan fingerprint density at radius 3 is 1.68 bits per heavy atom. The number of carboxylic acid groups (broad SMARTS) is 1. The molecule has 0 aromatic heterocycles. The first-order valence-electron chi connectivity index (χ1n) is 40.4. The highest BCUT2D eigenvalue weighted by molar-refractivity contribution is 5.87. The number of allylic oxidation sites excluding steroid dienone is 1. The minimum Gasteiger partial charge on any atom is -0.497 e. The summed E-state index contributed by atoms with van der Waals surface area (Å²) in [6.07, 6.45) is -53.1. The van der Waals surface area contributed by atoms with Crippen LogP contribution in [0.25, 0.3) is 6.08 Å². The first kappa shape index (κ1) is 91.3. The van der Waals surface area contributed by atoms with Crippen molar-refractivity contribution in [3.05, 3.63) is 47.6 Å². The number of hydrogen-bond acceptors (Lipinski definition) is 38. The van der Waals surface area contributed by atoms with Crippen molar-refractivity contribution >= 4 is 24.0 Å². The Morgan fingerprint density at radius 1 is 0.517 bits per heavy atom. The number of aliphatic hydroxyl groups excluding tert-OH is 18. The highest BCUT2D eigenvalue weighted by Crippen LogP contribution is 2.76. The van der Waals surface area contributed by atoms with Crippen molar-refractivity contribution < 1.29 is 192 Å². The fourth-order valence-corrected chi connectivity index (χ4v) is 21.4. The zero-order chi connectivity index (χ0) is 85.7. The summed E-state index contributed by atoms with van der Waals surface area (Å²) in [6, 6.07) is 6.56. The molecule has 39 nitrogen and oxygen atoms in total. The highest BCUT2D eigenvalue weighted by Gasteiger charge is 2.74. The van der Waals surface area contributed by atoms with E-state index in [1.54, 1.807) is 24.3 Å². The van der Waals surface area contributed by atoms with E-state index >= 15 is 4.79 Å². The van der Waals surface area contributed by atoms with Gasteiger partial charge in [0.15, 0.2) is 49.9 Å². The van der Waals surface area contributed by atoms with E-state index in [1.165, 1.54) is 34.0 Å². The van der Waals surface area contributed by atoms with Crippen LogP contribution < -0.4 is 4.74 Å². The number of aliphatic carboxylic acids is 1. The van der Waals surface area contributed by atoms with Crippen LogP contribution >= 0.6 is 0 Å². The van der Waals surface area contributed by atoms with Gasteiger partial charge >= 0.3 is 17.9 Å². The summed E-state index contributed by atoms with van der Waals surface area (Å²) in [5.41, 5.74) is -8.11. The molecule has 0 radical (unpaired) electrons. The molecule has 7 aliphatic heterocycles. The molecular formula is C79H118O39. The van der Waals surface area contributed by atoms with Gasteiger partial charge in [-0.15, -0.1) is 0 Å². The molecule has 20 N–H and O–H groups in total. The van der Waals surface area contributed by atoms with Crippen LogP contribution in [0.1, 0.15) is 112 Å². The second kappa shape index (κ2) is 35.2. The number of fused-ring (bicyclic) bond motifs is 7. The van der Waals surface area contributed by atoms with Crippen LogP contribution in [0.5, 0.6) is 5.75 Å². The summed E-state index contributed by atoms with van der Waals surface area (Å²) in [5.74, 6) is -4.73. The number of benzene rings is 1. The van der Waals surface area contributed by atoms with Crippen LogP contribution in [0.4, 0.5) is 0 Å². The standard InChI is InChI=1S/C79H118O39/c1-32-56(112-65-54(96)58(40(86)28-105-65)113-66-52(94)49(91)47(89)41(25-80)109-66)59(114-70-62(98)79(102,30-83)31-106-70)55(97)68(107-32)116-61-60(115-64-51(93)46(88)39(85)27-104-64)57(111-45(87)16-11-34-9-12-35(103-8)13-10-34)33(2)108-69(61)118-72(101)77-20-19-73(3,4)23-37(77)36-14-15-43-74(5)24-38(84)63(117-67-53(95)50(92)48(90)42(26-81)110-67)76(7,71(99)100)44(74)17-18-75(43,6)78(36,29-82)22-21-77/h9-14,16,32-33,37-44,46-70,80-86,88-98,102H,15,17-31H2,1-8H3,(H,99,100). The molecule has 1 aromatic rings. The largest absolute Gasteiger partial charge is 0.497 e. The molecule has 118 heavy (non-hydrogen) atoms. The van der Waals surface area contributed by atoms with Crippen LogP contribution in [-0.4, -0.2) is 376 Å². The number of esters is 2. The number of carbonyl (C=O) groups excluding carboxylic acids is 2. The molecule has 11 fully saturated rings. The van der Waals surface area contributed by atoms with Gasteiger partial charge in [0.2, 0.25) is 6.29 Å². The number of rotatable bonds is 23. The van der Waals surface area contributed by atoms with Gasteiger partial charge in [-0.25, -0.2) is 4.79 Å². The number of aliphatic hydroxyl groups is 19. The van der Waals surface area contributed by atoms with Gasteiger partial charge in [-0.05, 0) is 136 Å². The number of carboxylic acids is 1. The van der Waals surface area contributed by atoms with Crippen LogP contribution in [0.3, 0.4) is 0 Å². The van der Waals surface area contributed by atoms with Crippen LogP contribution in [0, 0.1) is 50.2 Å². The molecule has 41 unspecified atom stereocenters. The average Bonchev–Trinajstić information content (AvgIpc) is 0.685. The summed E-state index contributed by atoms with van der Waals surface area (Å²) in [6.45, 7) is 7.00. The molecule has 41 atom stereocenters. The average molecular weight is 1690 g/mol. The van der Waals surface area contributed by atoms with E-state index in [9.17, 15) is 112 Å². The lowest BCUT2D eigenvalue weighted by atomic mass is 9.33. The predicted molar refractivity (Wildman–Crippen MR) is 391 cm³/mol. The molecule has 39 heteroatoms. The Morgan fingerprint density at radius 2 is 1.07 bits per heavy atom. The summed E-state index contributed by atoms with van der Waals surface area (Å²) in [4.78, 5) is 45.1. The molecule has 12 aliphatic rings. The van der Waals surface area contributed by atoms with Crippen molar-refractivity contribution in [1.29, 1.82) is 0 Å². The van der Waals surface area contributed by atoms with Crippen molar-refractivity contribution in [3.8, 4) is 5.75 Å². The molecule has 1 aromatic carbocycles. The van der Waals surface area contributed by atoms with E-state index in [0.29, 0.717) is 30.6 Å². The Labute approximate surface area is 679 Å². The number of ether oxygens (including phenoxy) is 16. The first-order chi connectivity index (χ1) is 55.6. The lowest BCUT2D eigenvalue weighted by molar-refractivity contribution is -0.397. The highest BCUT2D eigenvalue weighted by atomic mass is 16.8. The van der Waals surface area contributed by atoms with Gasteiger partial charge in [-0.2, -0.15) is 0 Å². The smallest absolute Gasteiger partial charge is 0.331 e. The molecule has 7 heterocycles. The molecule has 668 valence electrons. The maximum Gasteiger partial charge on any atom is 0.331 e. The number of methoxy groups -OCH3 is 1. The minimum absolute atomic E-state index is 0.0378. The maximum atomic E-state index is 16.6. The maximum absolute atomic E-state index is 16.6. The molecule has 0 spiro atoms. The molecule has 13 rings (SSSR count). The van der Waals surface area contributed by atoms with E-state index in [-0.39, 0.29) is 38.5 Å². The first-order valence-corrected chi connectivity index (χ1v) is 40.4. The van der Waals surface area contributed by atoms with Gasteiger partial charge in [0, 0.05) is 11.5 Å². The third-order valence-corrected chi connectivity index (χ3v) is 28.4. The zero-order valence-electron chi connectivity index (χ0n) is 66.8. The van der Waals surface area contributed by atoms with Crippen LogP contribution in [0.15, 0.2) is 42.0 Å². The third kappa shape index (κ3) is 16.2. The molecule has 0 bridgehead atoms. The topological polar surface area (TPSA) is 603 Å². The summed E-state index contributed by atoms with van der Waals surface area (Å²) >= 11 is 0. The molecule has 5 aliphatic carbocycles. The molecule has 7 saturated heterocycles. The fraction of sp³-hybridized carbons (Fsp3) is 0.835. The van der Waals surface area contributed by atoms with Gasteiger partial charge in [-0.3, -0.25) is 9.59 Å². The van der Waals surface area contributed by atoms with E-state index in [1.807, 2.05) is 26.8 Å². The van der Waals surface area contributed by atoms with Gasteiger partial charge in [0.05, 0.1) is 82.5 Å². The predicted octanol–water partition coefficient (Wildman–Crippen LogP) is -5.31. The van der Waals surface area contributed by atoms with Gasteiger partial charge in [0.25, 0.3) is 0 Å². The van der Waals surface area contributed by atoms with Crippen molar-refractivity contribution in [2.75, 3.05) is 53.4 Å². The number of carbonyl (C=O) groups is 3. The van der Waals surface area contributed by atoms with E-state index < -0.39 is 317 Å². The van der Waals surface area contributed by atoms with E-state index in [4.69, 9.17) is 75.8 Å². The second-order valence-corrected chi connectivity index (χ2v) is 35.8. The Hall–Kier alpha value is -4.37. The Kier molecular flexibility index (Phi) is 27.3. The normalized spacial score (nSPS) is 50.2. The van der Waals surface area contributed by atoms with Crippen molar-refractivity contribution in [2.24, 2.45) is 50.2 Å². The summed E-state index contributed by atoms with van der Waals surface area (Å²) < 4.78 is 98.4. The quantitative estimate of drug-likeness (QED) is 0.0211. The third-order valence-electron chi connectivity index (χ3n) is 28.4. The van der Waals surface area contributed by atoms with Crippen LogP contribution in [0.2, 0.25) is 0 Å². The lowest BCUT2D eigenvalue weighted by Gasteiger charge is -2.71. The SMILES string of the molecule is COc1ccc(C=CC(=O)OC2C(C)OC(OC(=O)C34CCC(C)(C)CC3C3=CCC5C6(C)CC(O)C(OC7OC(CO)C(O)C(O)C7O)C(C)(C(=O)O)C6CCC5(C)C3(CO)CC4)C(OC3OC(C)C(OC4OCC(O)C(OC5OC(CO)C(O)C(O)C5O)C4O)C(OC4OCC(O)(CO)C4O)C3O)C2OC2OCC(O)C(O)C2O)cc1. The van der Waals surface area contributed by atoms with Gasteiger partial charge < -0.3 is 178 Å². The van der Waals surface area contributed by atoms with Gasteiger partial charge in [-0.1, -0.05) is 51.5 Å². The molecular weight excluding hydrogens is 1570 g/mol. The van der Waals surface area contributed by atoms with Crippen LogP contribution in [-0.2, 0) is 85.4 Å². The Balaban J connectivity index is 0.853. The zero-order valence-corrected chi connectivity index (χ0v) is 66.8. The monoisotopic (exact) mass is 1690 g/mol. The molecule has 0 amide bonds. The minimum atomic E-state index is -2.37. The van der Waals surface area contributed by atoms with E-state index in [2.05, 4.69) is 6.92 Å². The van der Waals surface area contributed by atoms with Gasteiger partial charge in [0.1, 0.15) is 133 Å². The summed E-state index contributed by atoms with van der Waals surface area (Å²) in [5, 5.41) is 224. The Bertz CT molecular complexity index is 3690. The van der Waals surface area contributed by atoms with Crippen molar-refractivity contribution in [1.82, 2.24) is 0 Å². The number of hydrogen-bond donors (Lipinski definition) is 20. The second-order valence-electron chi connectivity index (χ2n) is 35.8. The fourth-order valence-electron chi connectivity index (χ4n) is 21.4. The lowest BCUT2D eigenvalue weighted by Crippen LogP contribution is -2.71.